The Balaban J connectivity index is 1.94. The molecule has 0 amide bonds. The number of aryl methyl sites for hydroxylation is 1. The fourth-order valence-electron chi connectivity index (χ4n) is 4.34. The van der Waals surface area contributed by atoms with Crippen LogP contribution in [0.4, 0.5) is 18.9 Å². The average molecular weight is 494 g/mol. The smallest absolute Gasteiger partial charge is 0.379 e. The fraction of sp³-hybridized carbons (Fsp3) is 0.391. The van der Waals surface area contributed by atoms with E-state index in [0.29, 0.717) is 28.0 Å². The van der Waals surface area contributed by atoms with E-state index in [0.717, 1.165) is 10.0 Å². The highest BCUT2D eigenvalue weighted by Gasteiger charge is 2.61. The SMILES string of the molecule is Cc1ncc2c(NC3c4ccc(Br)cc4C(C)(C)CCC3(O)C(F)(F)F)cccc2n1. The zero-order valence-corrected chi connectivity index (χ0v) is 19.0. The van der Waals surface area contributed by atoms with Crippen LogP contribution < -0.4 is 5.32 Å². The second-order valence-electron chi connectivity index (χ2n) is 8.77. The third kappa shape index (κ3) is 3.80. The van der Waals surface area contributed by atoms with Crippen molar-refractivity contribution in [1.29, 1.82) is 0 Å². The molecule has 1 aromatic heterocycles. The second kappa shape index (κ2) is 7.45. The summed E-state index contributed by atoms with van der Waals surface area (Å²) in [7, 11) is 0. The molecule has 0 saturated carbocycles. The Hall–Kier alpha value is -2.19. The Labute approximate surface area is 187 Å². The van der Waals surface area contributed by atoms with Crippen LogP contribution in [0.5, 0.6) is 0 Å². The van der Waals surface area contributed by atoms with E-state index in [2.05, 4.69) is 31.2 Å². The van der Waals surface area contributed by atoms with Crippen molar-refractivity contribution in [3.8, 4) is 0 Å². The Morgan fingerprint density at radius 1 is 1.16 bits per heavy atom. The van der Waals surface area contributed by atoms with E-state index in [1.165, 1.54) is 0 Å². The summed E-state index contributed by atoms with van der Waals surface area (Å²) in [5, 5.41) is 14.8. The maximum absolute atomic E-state index is 14.3. The van der Waals surface area contributed by atoms with Crippen LogP contribution in [-0.4, -0.2) is 26.9 Å². The lowest BCUT2D eigenvalue weighted by atomic mass is 9.79. The van der Waals surface area contributed by atoms with Gasteiger partial charge in [-0.25, -0.2) is 9.97 Å². The molecule has 3 aromatic rings. The van der Waals surface area contributed by atoms with E-state index in [1.807, 2.05) is 19.9 Å². The first kappa shape index (κ1) is 22.0. The van der Waals surface area contributed by atoms with Crippen LogP contribution in [-0.2, 0) is 5.41 Å². The molecule has 0 bridgehead atoms. The number of benzene rings is 2. The molecule has 1 aliphatic carbocycles. The van der Waals surface area contributed by atoms with E-state index in [9.17, 15) is 18.3 Å². The van der Waals surface area contributed by atoms with Crippen LogP contribution in [0.1, 0.15) is 49.7 Å². The maximum atomic E-state index is 14.3. The second-order valence-corrected chi connectivity index (χ2v) is 9.69. The molecule has 4 rings (SSSR count). The summed E-state index contributed by atoms with van der Waals surface area (Å²) in [5.74, 6) is 0.572. The Kier molecular flexibility index (Phi) is 5.29. The number of halogens is 4. The van der Waals surface area contributed by atoms with E-state index >= 15 is 0 Å². The number of nitrogens with zero attached hydrogens (tertiary/aromatic N) is 2. The minimum atomic E-state index is -4.83. The Morgan fingerprint density at radius 3 is 2.61 bits per heavy atom. The number of anilines is 1. The lowest BCUT2D eigenvalue weighted by Gasteiger charge is -2.38. The lowest BCUT2D eigenvalue weighted by Crippen LogP contribution is -2.52. The van der Waals surface area contributed by atoms with Crippen LogP contribution in [0, 0.1) is 6.92 Å². The Bertz CT molecular complexity index is 1150. The summed E-state index contributed by atoms with van der Waals surface area (Å²) in [6, 6.07) is 9.02. The van der Waals surface area contributed by atoms with Gasteiger partial charge < -0.3 is 10.4 Å². The van der Waals surface area contributed by atoms with Gasteiger partial charge in [0.25, 0.3) is 0 Å². The van der Waals surface area contributed by atoms with Crippen LogP contribution in [0.2, 0.25) is 0 Å². The van der Waals surface area contributed by atoms with Crippen molar-refractivity contribution in [2.75, 3.05) is 5.32 Å². The number of rotatable bonds is 2. The number of alkyl halides is 3. The number of aromatic nitrogens is 2. The topological polar surface area (TPSA) is 58.0 Å². The normalized spacial score (nSPS) is 23.3. The third-order valence-corrected chi connectivity index (χ3v) is 6.69. The predicted molar refractivity (Wildman–Crippen MR) is 118 cm³/mol. The zero-order chi connectivity index (χ0) is 22.6. The van der Waals surface area contributed by atoms with Crippen molar-refractivity contribution in [3.63, 3.8) is 0 Å². The van der Waals surface area contributed by atoms with Crippen LogP contribution in [0.3, 0.4) is 0 Å². The van der Waals surface area contributed by atoms with Gasteiger partial charge in [0.05, 0.1) is 11.6 Å². The monoisotopic (exact) mass is 493 g/mol. The molecule has 0 radical (unpaired) electrons. The van der Waals surface area contributed by atoms with Gasteiger partial charge in [-0.15, -0.1) is 0 Å². The number of hydrogen-bond acceptors (Lipinski definition) is 4. The summed E-state index contributed by atoms with van der Waals surface area (Å²) in [6.45, 7) is 5.57. The number of nitrogens with one attached hydrogen (secondary N) is 1. The van der Waals surface area contributed by atoms with Crippen LogP contribution in [0.15, 0.2) is 47.1 Å². The molecule has 1 aliphatic rings. The molecule has 0 fully saturated rings. The molecule has 2 aromatic carbocycles. The minimum Gasteiger partial charge on any atom is -0.379 e. The molecule has 2 unspecified atom stereocenters. The highest BCUT2D eigenvalue weighted by Crippen LogP contribution is 2.52. The number of aliphatic hydroxyl groups is 1. The Morgan fingerprint density at radius 2 is 1.90 bits per heavy atom. The third-order valence-electron chi connectivity index (χ3n) is 6.20. The van der Waals surface area contributed by atoms with Gasteiger partial charge in [-0.2, -0.15) is 13.2 Å². The summed E-state index contributed by atoms with van der Waals surface area (Å²) < 4.78 is 43.8. The van der Waals surface area contributed by atoms with E-state index < -0.39 is 29.7 Å². The highest BCUT2D eigenvalue weighted by atomic mass is 79.9. The molecular formula is C23H23BrF3N3O. The molecular weight excluding hydrogens is 471 g/mol. The molecule has 0 spiro atoms. The van der Waals surface area contributed by atoms with Crippen molar-refractivity contribution in [3.05, 3.63) is 64.0 Å². The maximum Gasteiger partial charge on any atom is 0.419 e. The van der Waals surface area contributed by atoms with Crippen LogP contribution >= 0.6 is 15.9 Å². The summed E-state index contributed by atoms with van der Waals surface area (Å²) >= 11 is 3.44. The first-order valence-corrected chi connectivity index (χ1v) is 10.8. The zero-order valence-electron chi connectivity index (χ0n) is 17.4. The predicted octanol–water partition coefficient (Wildman–Crippen LogP) is 6.22. The van der Waals surface area contributed by atoms with Gasteiger partial charge in [0, 0.05) is 21.7 Å². The first-order chi connectivity index (χ1) is 14.4. The van der Waals surface area contributed by atoms with Crippen molar-refractivity contribution >= 4 is 32.5 Å². The molecule has 2 N–H and O–H groups in total. The van der Waals surface area contributed by atoms with E-state index in [4.69, 9.17) is 0 Å². The van der Waals surface area contributed by atoms with Gasteiger partial charge >= 0.3 is 6.18 Å². The molecule has 1 heterocycles. The first-order valence-electron chi connectivity index (χ1n) is 10.0. The molecule has 4 nitrogen and oxygen atoms in total. The summed E-state index contributed by atoms with van der Waals surface area (Å²) in [6.07, 6.45) is -3.47. The largest absolute Gasteiger partial charge is 0.419 e. The number of hydrogen-bond donors (Lipinski definition) is 2. The average Bonchev–Trinajstić information content (AvgIpc) is 2.77. The molecule has 2 atom stereocenters. The minimum absolute atomic E-state index is 0.183. The van der Waals surface area contributed by atoms with Gasteiger partial charge in [-0.05, 0) is 60.6 Å². The molecule has 164 valence electrons. The molecule has 0 saturated heterocycles. The summed E-state index contributed by atoms with van der Waals surface area (Å²) in [4.78, 5) is 8.57. The lowest BCUT2D eigenvalue weighted by molar-refractivity contribution is -0.269. The van der Waals surface area contributed by atoms with Crippen molar-refractivity contribution < 1.29 is 18.3 Å². The highest BCUT2D eigenvalue weighted by molar-refractivity contribution is 9.10. The van der Waals surface area contributed by atoms with Gasteiger partial charge in [0.2, 0.25) is 0 Å². The van der Waals surface area contributed by atoms with Gasteiger partial charge in [-0.3, -0.25) is 0 Å². The molecule has 8 heteroatoms. The van der Waals surface area contributed by atoms with E-state index in [1.54, 1.807) is 43.5 Å². The van der Waals surface area contributed by atoms with Gasteiger partial charge in [0.1, 0.15) is 5.82 Å². The van der Waals surface area contributed by atoms with Crippen molar-refractivity contribution in [2.24, 2.45) is 0 Å². The van der Waals surface area contributed by atoms with Gasteiger partial charge in [-0.1, -0.05) is 41.9 Å². The molecule has 0 aliphatic heterocycles. The number of fused-ring (bicyclic) bond motifs is 2. The van der Waals surface area contributed by atoms with Gasteiger partial charge in [0.15, 0.2) is 5.60 Å². The standard InChI is InChI=1S/C23H23BrF3N3O/c1-13-28-12-16-18(29-13)5-4-6-19(16)30-20-15-8-7-14(24)11-17(15)21(2,3)9-10-22(20,31)23(25,26)27/h4-8,11-12,20,30-31H,9-10H2,1-3H3. The van der Waals surface area contributed by atoms with Crippen molar-refractivity contribution in [1.82, 2.24) is 9.97 Å². The quantitative estimate of drug-likeness (QED) is 0.416. The molecule has 31 heavy (non-hydrogen) atoms. The van der Waals surface area contributed by atoms with E-state index in [-0.39, 0.29) is 6.42 Å². The van der Waals surface area contributed by atoms with Crippen molar-refractivity contribution in [2.45, 2.75) is 56.8 Å². The fourth-order valence-corrected chi connectivity index (χ4v) is 4.70. The summed E-state index contributed by atoms with van der Waals surface area (Å²) in [5.41, 5.74) is -1.23. The van der Waals surface area contributed by atoms with Crippen LogP contribution in [0.25, 0.3) is 10.9 Å².